The van der Waals surface area contributed by atoms with E-state index in [4.69, 9.17) is 5.73 Å². The van der Waals surface area contributed by atoms with Crippen molar-refractivity contribution in [3.05, 3.63) is 90.3 Å². The Hall–Kier alpha value is -9.67. The van der Waals surface area contributed by atoms with Gasteiger partial charge in [-0.1, -0.05) is 36.4 Å². The molecule has 0 radical (unpaired) electrons. The summed E-state index contributed by atoms with van der Waals surface area (Å²) in [4.78, 5) is 178. The number of aliphatic hydroxyl groups is 1. The Kier molecular flexibility index (Phi) is 19.5. The average molecular weight is 1120 g/mol. The van der Waals surface area contributed by atoms with E-state index in [1.54, 1.807) is 60.9 Å². The highest BCUT2D eigenvalue weighted by Crippen LogP contribution is 2.22. The molecule has 0 bridgehead atoms. The lowest BCUT2D eigenvalue weighted by Gasteiger charge is -2.30. The number of nitrogens with zero attached hydrogens (tertiary/aromatic N) is 2. The third-order valence-corrected chi connectivity index (χ3v) is 13.7. The Morgan fingerprint density at radius 2 is 1.33 bits per heavy atom. The van der Waals surface area contributed by atoms with Gasteiger partial charge in [-0.05, 0) is 49.9 Å². The van der Waals surface area contributed by atoms with Crippen molar-refractivity contribution in [3.8, 4) is 0 Å². The van der Waals surface area contributed by atoms with E-state index in [0.717, 1.165) is 4.90 Å². The van der Waals surface area contributed by atoms with Gasteiger partial charge in [0.25, 0.3) is 0 Å². The zero-order valence-corrected chi connectivity index (χ0v) is 44.0. The minimum Gasteiger partial charge on any atom is -0.480 e. The largest absolute Gasteiger partial charge is 0.480 e. The molecule has 81 heavy (non-hydrogen) atoms. The lowest BCUT2D eigenvalue weighted by Crippen LogP contribution is -2.60. The fraction of sp³-hybridized carbons (Fsp3) is 0.404. The van der Waals surface area contributed by atoms with E-state index in [-0.39, 0.29) is 38.6 Å². The molecule has 7 rings (SSSR count). The van der Waals surface area contributed by atoms with Gasteiger partial charge in [-0.2, -0.15) is 0 Å². The van der Waals surface area contributed by atoms with E-state index >= 15 is 0 Å². The summed E-state index contributed by atoms with van der Waals surface area (Å²) in [5, 5.41) is 43.9. The van der Waals surface area contributed by atoms with E-state index < -0.39 is 151 Å². The third kappa shape index (κ3) is 15.5. The number of rotatable bonds is 12. The van der Waals surface area contributed by atoms with Gasteiger partial charge >= 0.3 is 5.97 Å². The van der Waals surface area contributed by atoms with Crippen LogP contribution in [0.2, 0.25) is 0 Å². The Bertz CT molecular complexity index is 3190. The summed E-state index contributed by atoms with van der Waals surface area (Å²) >= 11 is 0. The van der Waals surface area contributed by atoms with Gasteiger partial charge < -0.3 is 83.6 Å². The highest BCUT2D eigenvalue weighted by Gasteiger charge is 2.40. The number of fused-ring (bicyclic) bond motifs is 3. The van der Waals surface area contributed by atoms with Crippen molar-refractivity contribution in [2.45, 2.75) is 113 Å². The summed E-state index contributed by atoms with van der Waals surface area (Å²) in [6, 6.07) is 1.30. The molecule has 1 unspecified atom stereocenters. The van der Waals surface area contributed by atoms with Gasteiger partial charge in [0.2, 0.25) is 65.0 Å². The van der Waals surface area contributed by atoms with Crippen molar-refractivity contribution in [2.24, 2.45) is 5.73 Å². The Morgan fingerprint density at radius 1 is 0.716 bits per heavy atom. The van der Waals surface area contributed by atoms with Gasteiger partial charge in [-0.15, -0.1) is 0 Å². The topological polar surface area (TPSA) is 443 Å². The average Bonchev–Trinajstić information content (AvgIpc) is 4.33. The molecule has 2 aliphatic heterocycles. The number of carbonyl (C=O) groups is 12. The molecule has 2 saturated heterocycles. The molecule has 430 valence electrons. The maximum absolute atomic E-state index is 14.4. The minimum atomic E-state index is -1.85. The summed E-state index contributed by atoms with van der Waals surface area (Å²) in [5.74, 6) is -12.6. The lowest BCUT2D eigenvalue weighted by atomic mass is 10.0. The van der Waals surface area contributed by atoms with Crippen LogP contribution in [0.25, 0.3) is 21.8 Å². The van der Waals surface area contributed by atoms with Crippen LogP contribution in [0, 0.1) is 0 Å². The van der Waals surface area contributed by atoms with Gasteiger partial charge in [0, 0.05) is 71.9 Å². The molecule has 0 saturated carbocycles. The number of carboxylic acid groups (broad SMARTS) is 1. The zero-order valence-electron chi connectivity index (χ0n) is 44.0. The highest BCUT2D eigenvalue weighted by molar-refractivity contribution is 6.00. The number of H-pyrrole nitrogens is 3. The number of para-hydroxylation sites is 2. The van der Waals surface area contributed by atoms with Crippen LogP contribution in [0.3, 0.4) is 0 Å². The maximum Gasteiger partial charge on any atom is 0.326 e. The van der Waals surface area contributed by atoms with Gasteiger partial charge in [0.05, 0.1) is 38.4 Å². The number of aromatic amines is 3. The number of amides is 11. The monoisotopic (exact) mass is 1120 g/mol. The predicted molar refractivity (Wildman–Crippen MR) is 284 cm³/mol. The van der Waals surface area contributed by atoms with Crippen LogP contribution >= 0.6 is 0 Å². The predicted octanol–water partition coefficient (Wildman–Crippen LogP) is -4.22. The Morgan fingerprint density at radius 3 is 1.98 bits per heavy atom. The maximum atomic E-state index is 14.4. The number of hydrogen-bond acceptors (Lipinski definition) is 14. The quantitative estimate of drug-likeness (QED) is 0.0563. The smallest absolute Gasteiger partial charge is 0.326 e. The van der Waals surface area contributed by atoms with Crippen molar-refractivity contribution in [3.63, 3.8) is 0 Å². The van der Waals surface area contributed by atoms with Crippen LogP contribution in [-0.2, 0) is 76.8 Å². The molecular formula is C52H63N15O14. The van der Waals surface area contributed by atoms with Gasteiger partial charge in [-0.3, -0.25) is 52.7 Å². The Labute approximate surface area is 460 Å². The van der Waals surface area contributed by atoms with E-state index in [2.05, 4.69) is 67.8 Å². The number of nitrogens with two attached hydrogens (primary N) is 1. The molecule has 29 heteroatoms. The summed E-state index contributed by atoms with van der Waals surface area (Å²) in [7, 11) is 0. The SMILES string of the molecule is C[C@@H]1NC(=O)[C@H]([C@@H](C)O)NC(=O)CNC(=O)[C@H](Cc2cnc[nH]2)NC(=O)C(Cc2c[nH]c3ccccc23)NC(=O)[C@H](CC(N)=O)NC(=O)CNC(=O)C[C@@H](C(=O)N[C@@H](Cc2c[nH]c3ccccc23)C(=O)O)NC(=O)[C@@H]2CCCN2C1=O. The third-order valence-electron chi connectivity index (χ3n) is 13.7. The lowest BCUT2D eigenvalue weighted by molar-refractivity contribution is -0.144. The fourth-order valence-electron chi connectivity index (χ4n) is 9.50. The second-order valence-electron chi connectivity index (χ2n) is 19.7. The van der Waals surface area contributed by atoms with Crippen LogP contribution in [0.1, 0.15) is 56.4 Å². The van der Waals surface area contributed by atoms with Crippen LogP contribution in [0.15, 0.2) is 73.4 Å². The van der Waals surface area contributed by atoms with E-state index in [0.29, 0.717) is 38.6 Å². The van der Waals surface area contributed by atoms with Crippen molar-refractivity contribution >= 4 is 92.8 Å². The molecule has 0 spiro atoms. The molecule has 5 heterocycles. The van der Waals surface area contributed by atoms with Crippen LogP contribution in [0.5, 0.6) is 0 Å². The molecule has 29 nitrogen and oxygen atoms in total. The van der Waals surface area contributed by atoms with Crippen molar-refractivity contribution < 1.29 is 67.7 Å². The molecule has 5 aromatic rings. The summed E-state index contributed by atoms with van der Waals surface area (Å²) < 4.78 is 0. The number of carboxylic acids is 1. The van der Waals surface area contributed by atoms with Crippen LogP contribution in [-0.4, -0.2) is 180 Å². The first kappa shape index (κ1) is 59.0. The first-order valence-electron chi connectivity index (χ1n) is 25.9. The number of benzene rings is 2. The number of aliphatic carboxylic acids is 1. The first-order valence-corrected chi connectivity index (χ1v) is 25.9. The molecule has 0 aliphatic carbocycles. The number of aliphatic hydroxyl groups excluding tert-OH is 1. The van der Waals surface area contributed by atoms with E-state index in [1.807, 2.05) is 0 Å². The zero-order chi connectivity index (χ0) is 58.5. The number of primary amides is 1. The van der Waals surface area contributed by atoms with Crippen molar-refractivity contribution in [2.75, 3.05) is 19.6 Å². The van der Waals surface area contributed by atoms with E-state index in [9.17, 15) is 67.7 Å². The van der Waals surface area contributed by atoms with Gasteiger partial charge in [0.15, 0.2) is 0 Å². The van der Waals surface area contributed by atoms with Crippen LogP contribution < -0.4 is 53.6 Å². The standard InChI is InChI=1S/C52H63N15O14/c1-25-51(79)67-13-7-12-39(67)49(77)64-37(48(76)65-38(52(80)81)15-28-20-56-33-11-6-4-9-31(28)33)18-41(70)57-22-42(71)61-36(17-40(53)69)47(75)62-34(14-27-19-55-32-10-5-3-8-30(27)32)46(74)63-35(16-29-21-54-24-59-29)45(73)58-23-43(72)66-44(26(2)68)50(78)60-25/h3-6,8-11,19-21,24-26,34-39,44,55-56,68H,7,12-18,22-23H2,1-2H3,(H2,53,69)(H,54,59)(H,57,70)(H,58,73)(H,60,78)(H,61,71)(H,62,75)(H,63,74)(H,64,77)(H,65,76)(H,66,72)(H,80,81)/t25-,26+,34?,35-,36-,37-,38-,39-,44-/m0/s1. The second-order valence-corrected chi connectivity index (χ2v) is 19.7. The molecule has 3 aromatic heterocycles. The minimum absolute atomic E-state index is 0.0209. The number of aromatic nitrogens is 4. The van der Waals surface area contributed by atoms with Gasteiger partial charge in [-0.25, -0.2) is 9.78 Å². The molecule has 2 aromatic carbocycles. The summed E-state index contributed by atoms with van der Waals surface area (Å²) in [5.41, 5.74) is 8.23. The molecule has 16 N–H and O–H groups in total. The van der Waals surface area contributed by atoms with Crippen molar-refractivity contribution in [1.29, 1.82) is 0 Å². The van der Waals surface area contributed by atoms with E-state index in [1.165, 1.54) is 26.4 Å². The normalized spacial score (nSPS) is 23.4. The number of nitrogens with one attached hydrogen (secondary N) is 12. The fourth-order valence-corrected chi connectivity index (χ4v) is 9.50. The molecular weight excluding hydrogens is 1060 g/mol. The summed E-state index contributed by atoms with van der Waals surface area (Å²) in [6.07, 6.45) is 2.06. The molecule has 2 fully saturated rings. The van der Waals surface area contributed by atoms with Crippen molar-refractivity contribution in [1.82, 2.24) is 72.7 Å². The number of hydrogen-bond donors (Lipinski definition) is 15. The Balaban J connectivity index is 1.18. The number of carbonyl (C=O) groups excluding carboxylic acids is 11. The first-order chi connectivity index (χ1) is 38.6. The van der Waals surface area contributed by atoms with Gasteiger partial charge in [0.1, 0.15) is 48.3 Å². The number of imidazole rings is 1. The molecule has 11 amide bonds. The molecule has 2 aliphatic rings. The highest BCUT2D eigenvalue weighted by atomic mass is 16.4. The summed E-state index contributed by atoms with van der Waals surface area (Å²) in [6.45, 7) is 0.721. The molecule has 9 atom stereocenters. The van der Waals surface area contributed by atoms with Crippen LogP contribution in [0.4, 0.5) is 0 Å². The second kappa shape index (κ2) is 26.8.